The molecule has 1 saturated heterocycles. The van der Waals surface area contributed by atoms with Crippen molar-refractivity contribution in [3.63, 3.8) is 0 Å². The molecule has 0 saturated carbocycles. The highest BCUT2D eigenvalue weighted by atomic mass is 35.5. The number of nitro groups is 1. The Morgan fingerprint density at radius 3 is 2.59 bits per heavy atom. The summed E-state index contributed by atoms with van der Waals surface area (Å²) in [6.45, 7) is 7.51. The van der Waals surface area contributed by atoms with Crippen molar-refractivity contribution in [3.05, 3.63) is 51.6 Å². The van der Waals surface area contributed by atoms with Gasteiger partial charge in [0.1, 0.15) is 5.02 Å². The summed E-state index contributed by atoms with van der Waals surface area (Å²) in [7, 11) is 0. The first-order chi connectivity index (χ1) is 9.63. The molecule has 0 spiro atoms. The van der Waals surface area contributed by atoms with Crippen molar-refractivity contribution in [1.29, 1.82) is 0 Å². The number of halogens is 3. The lowest BCUT2D eigenvalue weighted by atomic mass is 10.0. The van der Waals surface area contributed by atoms with E-state index in [1.54, 1.807) is 12.1 Å². The van der Waals surface area contributed by atoms with Crippen LogP contribution in [0.2, 0.25) is 5.02 Å². The molecular formula is C14H20Cl3N3O2. The molecule has 1 aliphatic rings. The topological polar surface area (TPSA) is 58.4 Å². The molecule has 22 heavy (non-hydrogen) atoms. The molecule has 0 aromatic heterocycles. The smallest absolute Gasteiger partial charge is 0.288 e. The number of nitro benzene ring substituents is 1. The van der Waals surface area contributed by atoms with Crippen LogP contribution < -0.4 is 5.32 Å². The van der Waals surface area contributed by atoms with Gasteiger partial charge in [0, 0.05) is 38.3 Å². The van der Waals surface area contributed by atoms with Crippen LogP contribution in [0.4, 0.5) is 5.69 Å². The monoisotopic (exact) mass is 367 g/mol. The maximum absolute atomic E-state index is 11.0. The fourth-order valence-electron chi connectivity index (χ4n) is 2.52. The van der Waals surface area contributed by atoms with Crippen molar-refractivity contribution in [2.75, 3.05) is 26.2 Å². The summed E-state index contributed by atoms with van der Waals surface area (Å²) in [5.74, 6) is 0. The van der Waals surface area contributed by atoms with E-state index in [0.29, 0.717) is 0 Å². The van der Waals surface area contributed by atoms with Crippen molar-refractivity contribution in [2.24, 2.45) is 0 Å². The Morgan fingerprint density at radius 2 is 2.05 bits per heavy atom. The van der Waals surface area contributed by atoms with Crippen LogP contribution in [-0.4, -0.2) is 36.0 Å². The Hall–Kier alpha value is -0.850. The first-order valence-corrected chi connectivity index (χ1v) is 7.00. The zero-order valence-electron chi connectivity index (χ0n) is 12.0. The average molecular weight is 369 g/mol. The molecule has 5 nitrogen and oxygen atoms in total. The molecule has 0 amide bonds. The molecule has 1 N–H and O–H groups in total. The Kier molecular flexibility index (Phi) is 9.64. The fourth-order valence-corrected chi connectivity index (χ4v) is 2.71. The maximum Gasteiger partial charge on any atom is 0.288 e. The summed E-state index contributed by atoms with van der Waals surface area (Å²) < 4.78 is 0. The van der Waals surface area contributed by atoms with E-state index in [0.717, 1.165) is 38.2 Å². The molecule has 0 bridgehead atoms. The molecule has 2 rings (SSSR count). The van der Waals surface area contributed by atoms with Gasteiger partial charge in [-0.2, -0.15) is 0 Å². The fraction of sp³-hybridized carbons (Fsp3) is 0.429. The minimum Gasteiger partial charge on any atom is -0.314 e. The van der Waals surface area contributed by atoms with Crippen LogP contribution >= 0.6 is 36.4 Å². The largest absolute Gasteiger partial charge is 0.314 e. The van der Waals surface area contributed by atoms with Gasteiger partial charge >= 0.3 is 0 Å². The molecule has 1 atom stereocenters. The van der Waals surface area contributed by atoms with Gasteiger partial charge < -0.3 is 5.32 Å². The number of rotatable bonds is 5. The van der Waals surface area contributed by atoms with E-state index in [-0.39, 0.29) is 41.6 Å². The summed E-state index contributed by atoms with van der Waals surface area (Å²) in [5, 5.41) is 14.5. The molecule has 0 unspecified atom stereocenters. The maximum atomic E-state index is 11.0. The van der Waals surface area contributed by atoms with Crippen LogP contribution in [-0.2, 0) is 0 Å². The zero-order valence-corrected chi connectivity index (χ0v) is 14.4. The van der Waals surface area contributed by atoms with E-state index in [9.17, 15) is 10.1 Å². The third kappa shape index (κ3) is 5.11. The Balaban J connectivity index is 0.00000220. The molecule has 124 valence electrons. The van der Waals surface area contributed by atoms with Crippen molar-refractivity contribution in [2.45, 2.75) is 12.5 Å². The predicted octanol–water partition coefficient (Wildman–Crippen LogP) is 3.61. The van der Waals surface area contributed by atoms with Gasteiger partial charge in [-0.3, -0.25) is 15.0 Å². The van der Waals surface area contributed by atoms with E-state index < -0.39 is 4.92 Å². The first-order valence-electron chi connectivity index (χ1n) is 6.63. The van der Waals surface area contributed by atoms with Crippen LogP contribution in [0.15, 0.2) is 30.9 Å². The van der Waals surface area contributed by atoms with E-state index >= 15 is 0 Å². The molecule has 8 heteroatoms. The summed E-state index contributed by atoms with van der Waals surface area (Å²) in [5.41, 5.74) is 0.885. The highest BCUT2D eigenvalue weighted by molar-refractivity contribution is 6.32. The number of nitrogens with one attached hydrogen (secondary N) is 1. The zero-order chi connectivity index (χ0) is 14.5. The molecule has 1 aromatic carbocycles. The lowest BCUT2D eigenvalue weighted by molar-refractivity contribution is -0.384. The van der Waals surface area contributed by atoms with Gasteiger partial charge in [0.25, 0.3) is 5.69 Å². The van der Waals surface area contributed by atoms with Crippen LogP contribution in [0.5, 0.6) is 0 Å². The van der Waals surface area contributed by atoms with Gasteiger partial charge in [-0.05, 0) is 18.1 Å². The lowest BCUT2D eigenvalue weighted by Gasteiger charge is -2.34. The number of piperazine rings is 1. The lowest BCUT2D eigenvalue weighted by Crippen LogP contribution is -2.45. The number of hydrogen-bond donors (Lipinski definition) is 1. The van der Waals surface area contributed by atoms with E-state index in [2.05, 4.69) is 16.8 Å². The van der Waals surface area contributed by atoms with Gasteiger partial charge in [0.2, 0.25) is 0 Å². The average Bonchev–Trinajstić information content (AvgIpc) is 2.46. The van der Waals surface area contributed by atoms with Gasteiger partial charge in [0.05, 0.1) is 4.92 Å². The minimum absolute atomic E-state index is 0. The Bertz CT molecular complexity index is 508. The van der Waals surface area contributed by atoms with E-state index in [1.807, 2.05) is 12.1 Å². The van der Waals surface area contributed by atoms with E-state index in [4.69, 9.17) is 11.6 Å². The normalized spacial score (nSPS) is 16.0. The van der Waals surface area contributed by atoms with Gasteiger partial charge in [-0.25, -0.2) is 0 Å². The molecule has 1 fully saturated rings. The van der Waals surface area contributed by atoms with Crippen molar-refractivity contribution in [1.82, 2.24) is 10.2 Å². The summed E-state index contributed by atoms with van der Waals surface area (Å²) >= 11 is 5.87. The summed E-state index contributed by atoms with van der Waals surface area (Å²) in [4.78, 5) is 12.9. The van der Waals surface area contributed by atoms with Crippen LogP contribution in [0, 0.1) is 10.1 Å². The minimum atomic E-state index is -0.436. The molecule has 1 aromatic rings. The van der Waals surface area contributed by atoms with Crippen molar-refractivity contribution >= 4 is 42.1 Å². The van der Waals surface area contributed by atoms with Gasteiger partial charge in [-0.1, -0.05) is 23.7 Å². The second kappa shape index (κ2) is 10.0. The van der Waals surface area contributed by atoms with Crippen molar-refractivity contribution in [3.8, 4) is 0 Å². The highest BCUT2D eigenvalue weighted by Gasteiger charge is 2.23. The Labute approximate surface area is 147 Å². The van der Waals surface area contributed by atoms with E-state index in [1.165, 1.54) is 0 Å². The van der Waals surface area contributed by atoms with Gasteiger partial charge in [-0.15, -0.1) is 31.4 Å². The van der Waals surface area contributed by atoms with Crippen LogP contribution in [0.3, 0.4) is 0 Å². The molecule has 0 aliphatic carbocycles. The van der Waals surface area contributed by atoms with Crippen molar-refractivity contribution < 1.29 is 4.92 Å². The standard InChI is InChI=1S/C14H18ClN3O2.2ClH/c1-2-3-13(17-8-6-16-7-9-17)11-4-5-12(15)14(10-11)18(19)20;;/h2,4-5,10,13,16H,1,3,6-9H2;2*1H/t13-;;/m1../s1. The van der Waals surface area contributed by atoms with Crippen LogP contribution in [0.1, 0.15) is 18.0 Å². The molecule has 1 heterocycles. The summed E-state index contributed by atoms with van der Waals surface area (Å²) in [6, 6.07) is 5.17. The third-order valence-corrected chi connectivity index (χ3v) is 3.85. The molecule has 1 aliphatic heterocycles. The number of nitrogens with zero attached hydrogens (tertiary/aromatic N) is 2. The molecule has 0 radical (unpaired) electrons. The number of hydrogen-bond acceptors (Lipinski definition) is 4. The summed E-state index contributed by atoms with van der Waals surface area (Å²) in [6.07, 6.45) is 2.62. The molecular weight excluding hydrogens is 349 g/mol. The third-order valence-electron chi connectivity index (χ3n) is 3.53. The predicted molar refractivity (Wildman–Crippen MR) is 94.6 cm³/mol. The second-order valence-corrected chi connectivity index (χ2v) is 5.20. The quantitative estimate of drug-likeness (QED) is 0.490. The van der Waals surface area contributed by atoms with Crippen LogP contribution in [0.25, 0.3) is 0 Å². The number of benzene rings is 1. The second-order valence-electron chi connectivity index (χ2n) is 4.79. The highest BCUT2D eigenvalue weighted by Crippen LogP contribution is 2.32. The van der Waals surface area contributed by atoms with Gasteiger partial charge in [0.15, 0.2) is 0 Å². The first kappa shape index (κ1) is 21.1. The Morgan fingerprint density at radius 1 is 1.41 bits per heavy atom. The SMILES string of the molecule is C=CC[C@H](c1ccc(Cl)c([N+](=O)[O-])c1)N1CCNCC1.Cl.Cl.